The summed E-state index contributed by atoms with van der Waals surface area (Å²) in [7, 11) is -18.1. The number of hydrazone groups is 2. The molecule has 585 valence electrons. The summed E-state index contributed by atoms with van der Waals surface area (Å²) in [4.78, 5) is 43.7. The Morgan fingerprint density at radius 3 is 1.06 bits per heavy atom. The van der Waals surface area contributed by atoms with Gasteiger partial charge in [-0.15, -0.1) is 10.2 Å². The van der Waals surface area contributed by atoms with Gasteiger partial charge in [0.05, 0.1) is 101 Å². The van der Waals surface area contributed by atoms with Gasteiger partial charge in [0, 0.05) is 70.0 Å². The Labute approximate surface area is 665 Å². The number of hydrogen-bond acceptors (Lipinski definition) is 38. The summed E-state index contributed by atoms with van der Waals surface area (Å²) in [5.74, 6) is -6.39. The van der Waals surface area contributed by atoms with Crippen LogP contribution in [0.15, 0.2) is 267 Å². The van der Waals surface area contributed by atoms with Crippen LogP contribution in [0.3, 0.4) is 0 Å². The minimum atomic E-state index is -5.32. The number of para-hydroxylation sites is 4. The second-order valence-electron chi connectivity index (χ2n) is 23.1. The predicted octanol–water partition coefficient (Wildman–Crippen LogP) is 11.6. The van der Waals surface area contributed by atoms with Crippen LogP contribution in [0.1, 0.15) is 29.4 Å². The Hall–Kier alpha value is -14.3. The maximum Gasteiger partial charge on any atom is 3.00 e. The van der Waals surface area contributed by atoms with E-state index in [9.17, 15) is 102 Å². The Morgan fingerprint density at radius 1 is 0.374 bits per heavy atom. The summed E-state index contributed by atoms with van der Waals surface area (Å²) in [5, 5.41) is 122. The van der Waals surface area contributed by atoms with Crippen molar-refractivity contribution in [3.8, 4) is 34.5 Å². The predicted molar refractivity (Wildman–Crippen MR) is 399 cm³/mol. The van der Waals surface area contributed by atoms with Crippen LogP contribution in [0, 0.1) is 20.2 Å². The topological polar surface area (TPSA) is 632 Å². The average Bonchev–Trinajstić information content (AvgIpc) is 0.761. The van der Waals surface area contributed by atoms with E-state index in [1.54, 1.807) is 97.1 Å². The fourth-order valence-electron chi connectivity index (χ4n) is 10.5. The first kappa shape index (κ1) is 83.2. The minimum Gasteiger partial charge on any atom is -0.870 e. The van der Waals surface area contributed by atoms with E-state index in [1.165, 1.54) is 50.6 Å². The third kappa shape index (κ3) is 19.4. The summed E-state index contributed by atoms with van der Waals surface area (Å²) in [5.41, 5.74) is -3.03. The Kier molecular flexibility index (Phi) is 25.0. The fraction of sp³-hybridized carbons (Fsp3) is 0.0286. The van der Waals surface area contributed by atoms with E-state index in [0.29, 0.717) is 23.5 Å². The number of non-ortho nitro benzene ring substituents is 2. The van der Waals surface area contributed by atoms with Gasteiger partial charge in [-0.2, -0.15) is 40.9 Å². The molecule has 0 spiro atoms. The van der Waals surface area contributed by atoms with E-state index in [-0.39, 0.29) is 81.0 Å². The van der Waals surface area contributed by atoms with Crippen LogP contribution in [0.25, 0.3) is 9.81 Å². The molecule has 2 aliphatic carbocycles. The minimum absolute atomic E-state index is 0. The molecule has 115 heavy (non-hydrogen) atoms. The van der Waals surface area contributed by atoms with Crippen molar-refractivity contribution in [3.05, 3.63) is 249 Å². The Balaban J connectivity index is 0.000000407. The number of fused-ring (bicyclic) bond motifs is 2. The van der Waals surface area contributed by atoms with Crippen molar-refractivity contribution >= 4 is 164 Å². The first-order valence-electron chi connectivity index (χ1n) is 31.7. The molecule has 0 saturated heterocycles. The number of rotatable bonds is 24. The van der Waals surface area contributed by atoms with Crippen molar-refractivity contribution in [2.24, 2.45) is 51.1 Å². The number of carbonyl (C=O) groups excluding carboxylic acids is 2. The molecule has 2 aliphatic rings. The standard InChI is InChI=1S/2C35H26N8O12S2.Fe/c2*1-55-29-10-6-5-9-24(29)38-39-26-17-27(40-41-32-22-13-12-21(43(47)48)16-23(22)30(18-28(32)44)56(49,50)51)35(46)33(34(26)45)42-37-20-11-14-25(31(15-20)57(52,53)54)36-19-7-3-2-4-8-19;/h2*2-18,36,40,45-46H,1H3,(H,49,50,51)(H,52,53,54);/q;;+3/p-3/b2*39-38?,41-32+,42-37?;. The first-order valence-corrected chi connectivity index (χ1v) is 37.3. The molecule has 0 heterocycles. The van der Waals surface area contributed by atoms with Crippen molar-refractivity contribution in [2.75, 3.05) is 35.7 Å². The van der Waals surface area contributed by atoms with E-state index in [0.717, 1.165) is 60.7 Å². The van der Waals surface area contributed by atoms with Crippen LogP contribution in [-0.4, -0.2) is 98.9 Å². The number of ether oxygens (including phenoxy) is 2. The van der Waals surface area contributed by atoms with Gasteiger partial charge in [-0.1, -0.05) is 83.7 Å². The van der Waals surface area contributed by atoms with Crippen molar-refractivity contribution in [3.63, 3.8) is 0 Å². The number of nitrogens with one attached hydrogen (secondary N) is 4. The van der Waals surface area contributed by atoms with Crippen molar-refractivity contribution in [1.29, 1.82) is 0 Å². The van der Waals surface area contributed by atoms with E-state index in [2.05, 4.69) is 72.6 Å². The molecule has 0 atom stereocenters. The van der Waals surface area contributed by atoms with E-state index in [4.69, 9.17) is 9.47 Å². The van der Waals surface area contributed by atoms with Crippen LogP contribution in [0.2, 0.25) is 0 Å². The fourth-order valence-corrected chi connectivity index (χ4v) is 13.2. The summed E-state index contributed by atoms with van der Waals surface area (Å²) in [6.45, 7) is 0. The molecule has 0 fully saturated rings. The second kappa shape index (κ2) is 34.5. The molecule has 10 aromatic rings. The van der Waals surface area contributed by atoms with Crippen LogP contribution < -0.4 is 51.4 Å². The molecule has 12 rings (SSSR count). The molecule has 0 saturated carbocycles. The largest absolute Gasteiger partial charge is 3.00 e. The normalized spacial score (nSPS) is 13.7. The maximum atomic E-state index is 13.7. The molecule has 1 radical (unpaired) electrons. The molecule has 40 nitrogen and oxygen atoms in total. The van der Waals surface area contributed by atoms with Gasteiger partial charge < -0.3 is 58.7 Å². The van der Waals surface area contributed by atoms with Crippen LogP contribution in [0.5, 0.6) is 34.5 Å². The van der Waals surface area contributed by atoms with E-state index in [1.807, 2.05) is 0 Å². The summed E-state index contributed by atoms with van der Waals surface area (Å²) in [6.07, 6.45) is 0.828. The van der Waals surface area contributed by atoms with Crippen molar-refractivity contribution in [2.45, 2.75) is 9.79 Å². The molecule has 10 aromatic carbocycles. The van der Waals surface area contributed by atoms with E-state index < -0.39 is 173 Å². The number of azo groups is 4. The number of nitrogens with zero attached hydrogens (tertiary/aromatic N) is 12. The average molecular weight is 1680 g/mol. The molecular formula is C70H49FeN16O24S4. The van der Waals surface area contributed by atoms with Gasteiger partial charge >= 0.3 is 24.2 Å². The number of ketones is 2. The third-order valence-corrected chi connectivity index (χ3v) is 19.3. The molecule has 0 bridgehead atoms. The van der Waals surface area contributed by atoms with Crippen LogP contribution in [0.4, 0.5) is 91.0 Å². The SMILES string of the molecule is COc1ccccc1N=Nc1cc(N/N=C2/C(=O)C=C(S(=O)(=O)[O-])c3cc([N+](=O)[O-])ccc32)c([O-])c(N=Nc2ccc(Nc3ccccc3)c(S(=O)(=O)[O-])c2)c1[O-].COc1ccccc1N=Nc1cc(N/N=C2/C(=O)C=C(S(=O)(=O)[O-])c3cc([N+](=O)[O-])ccc32)c([O-])c(N=Nc2ccc(Nc3ccccc3)c(S(=O)(=O)[O-])c2)c1[O-].[Fe+3].[H+].[H+].[H+].[H+].[H+]. The molecule has 4 N–H and O–H groups in total. The van der Waals surface area contributed by atoms with Crippen LogP contribution in [-0.2, 0) is 67.1 Å². The van der Waals surface area contributed by atoms with Crippen molar-refractivity contribution in [1.82, 2.24) is 0 Å². The van der Waals surface area contributed by atoms with Crippen LogP contribution >= 0.6 is 0 Å². The van der Waals surface area contributed by atoms with Gasteiger partial charge in [-0.3, -0.25) is 40.7 Å². The number of nitro groups is 2. The van der Waals surface area contributed by atoms with Gasteiger partial charge in [0.2, 0.25) is 11.6 Å². The zero-order valence-electron chi connectivity index (χ0n) is 62.8. The van der Waals surface area contributed by atoms with Gasteiger partial charge in [0.25, 0.3) is 11.4 Å². The Bertz CT molecular complexity index is 6040. The quantitative estimate of drug-likeness (QED) is 0.0143. The molecular weight excluding hydrogens is 1630 g/mol. The number of benzene rings is 10. The summed E-state index contributed by atoms with van der Waals surface area (Å²) in [6, 6.07) is 43.0. The number of allylic oxidation sites excluding steroid dienone is 2. The van der Waals surface area contributed by atoms with Gasteiger partial charge in [0.15, 0.2) is 0 Å². The van der Waals surface area contributed by atoms with E-state index >= 15 is 0 Å². The number of anilines is 6. The smallest absolute Gasteiger partial charge is 0.870 e. The monoisotopic (exact) mass is 1680 g/mol. The summed E-state index contributed by atoms with van der Waals surface area (Å²) >= 11 is 0. The number of nitro benzene ring substituents is 2. The maximum absolute atomic E-state index is 13.7. The molecule has 0 aliphatic heterocycles. The Morgan fingerprint density at radius 2 is 0.722 bits per heavy atom. The molecule has 0 aromatic heterocycles. The van der Waals surface area contributed by atoms with Gasteiger partial charge in [0.1, 0.15) is 74.8 Å². The molecule has 0 unspecified atom stereocenters. The number of hydrogen-bond donors (Lipinski definition) is 4. The first-order chi connectivity index (χ1) is 54.1. The van der Waals surface area contributed by atoms with Gasteiger partial charge in [-0.25, -0.2) is 33.7 Å². The molecule has 0 amide bonds. The molecule has 45 heteroatoms. The van der Waals surface area contributed by atoms with Gasteiger partial charge in [-0.05, 0) is 109 Å². The zero-order valence-corrected chi connectivity index (χ0v) is 62.2. The van der Waals surface area contributed by atoms with Crippen molar-refractivity contribution < 1.29 is 125 Å². The second-order valence-corrected chi connectivity index (χ2v) is 28.5. The summed E-state index contributed by atoms with van der Waals surface area (Å²) < 4.78 is 155. The number of methoxy groups -OCH3 is 2. The third-order valence-electron chi connectivity index (χ3n) is 15.8. The zero-order chi connectivity index (χ0) is 82.1. The number of carbonyl (C=O) groups is 2.